The highest BCUT2D eigenvalue weighted by atomic mass is 35.5. The van der Waals surface area contributed by atoms with Gasteiger partial charge in [-0.05, 0) is 29.8 Å². The van der Waals surface area contributed by atoms with Gasteiger partial charge in [0.2, 0.25) is 0 Å². The SMILES string of the molecule is O=C(O)c1cccc(N2CCOC(c3ccc(Cl)cc3)C2)n1. The molecule has 1 aliphatic heterocycles. The van der Waals surface area contributed by atoms with Gasteiger partial charge in [-0.3, -0.25) is 0 Å². The molecular formula is C16H15ClN2O3. The lowest BCUT2D eigenvalue weighted by molar-refractivity contribution is 0.0395. The van der Waals surface area contributed by atoms with Gasteiger partial charge in [-0.25, -0.2) is 9.78 Å². The molecule has 6 heteroatoms. The highest BCUT2D eigenvalue weighted by molar-refractivity contribution is 6.30. The second-order valence-corrected chi connectivity index (χ2v) is 5.48. The summed E-state index contributed by atoms with van der Waals surface area (Å²) >= 11 is 5.91. The summed E-state index contributed by atoms with van der Waals surface area (Å²) in [6, 6.07) is 12.6. The van der Waals surface area contributed by atoms with E-state index >= 15 is 0 Å². The molecule has 5 nitrogen and oxygen atoms in total. The van der Waals surface area contributed by atoms with Crippen LogP contribution in [0.5, 0.6) is 0 Å². The van der Waals surface area contributed by atoms with E-state index in [1.807, 2.05) is 35.2 Å². The van der Waals surface area contributed by atoms with E-state index in [1.165, 1.54) is 6.07 Å². The van der Waals surface area contributed by atoms with E-state index in [2.05, 4.69) is 4.98 Å². The van der Waals surface area contributed by atoms with Gasteiger partial charge in [0.05, 0.1) is 6.61 Å². The summed E-state index contributed by atoms with van der Waals surface area (Å²) in [5.74, 6) is -0.369. The minimum atomic E-state index is -1.02. The molecule has 3 rings (SSSR count). The van der Waals surface area contributed by atoms with Crippen LogP contribution in [0.2, 0.25) is 5.02 Å². The summed E-state index contributed by atoms with van der Waals surface area (Å²) in [5, 5.41) is 9.73. The molecule has 0 bridgehead atoms. The monoisotopic (exact) mass is 318 g/mol. The molecule has 1 saturated heterocycles. The molecule has 114 valence electrons. The van der Waals surface area contributed by atoms with E-state index in [9.17, 15) is 4.79 Å². The Balaban J connectivity index is 1.79. The largest absolute Gasteiger partial charge is 0.477 e. The zero-order valence-corrected chi connectivity index (χ0v) is 12.5. The summed E-state index contributed by atoms with van der Waals surface area (Å²) in [4.78, 5) is 17.3. The van der Waals surface area contributed by atoms with Crippen molar-refractivity contribution < 1.29 is 14.6 Å². The van der Waals surface area contributed by atoms with E-state index in [1.54, 1.807) is 6.07 Å². The van der Waals surface area contributed by atoms with Crippen molar-refractivity contribution in [2.24, 2.45) is 0 Å². The number of carbonyl (C=O) groups is 1. The molecule has 2 heterocycles. The number of carboxylic acids is 1. The van der Waals surface area contributed by atoms with Crippen LogP contribution < -0.4 is 4.90 Å². The Hall–Kier alpha value is -2.11. The van der Waals surface area contributed by atoms with Gasteiger partial charge >= 0.3 is 5.97 Å². The number of anilines is 1. The Morgan fingerprint density at radius 1 is 1.27 bits per heavy atom. The van der Waals surface area contributed by atoms with Crippen LogP contribution in [-0.4, -0.2) is 35.8 Å². The van der Waals surface area contributed by atoms with Gasteiger partial charge in [0.25, 0.3) is 0 Å². The standard InChI is InChI=1S/C16H15ClN2O3/c17-12-6-4-11(5-7-12)14-10-19(8-9-22-14)15-3-1-2-13(18-15)16(20)21/h1-7,14H,8-10H2,(H,20,21). The summed E-state index contributed by atoms with van der Waals surface area (Å²) < 4.78 is 5.80. The van der Waals surface area contributed by atoms with Crippen molar-refractivity contribution in [3.05, 3.63) is 58.7 Å². The predicted octanol–water partition coefficient (Wildman–Crippen LogP) is 3.01. The number of nitrogens with zero attached hydrogens (tertiary/aromatic N) is 2. The van der Waals surface area contributed by atoms with Crippen LogP contribution in [0.4, 0.5) is 5.82 Å². The van der Waals surface area contributed by atoms with Crippen LogP contribution in [0.1, 0.15) is 22.2 Å². The third-order valence-electron chi connectivity index (χ3n) is 3.59. The van der Waals surface area contributed by atoms with E-state index in [-0.39, 0.29) is 11.8 Å². The maximum atomic E-state index is 11.0. The highest BCUT2D eigenvalue weighted by Crippen LogP contribution is 2.26. The van der Waals surface area contributed by atoms with Crippen molar-refractivity contribution in [1.82, 2.24) is 4.98 Å². The molecule has 1 aromatic heterocycles. The van der Waals surface area contributed by atoms with Crippen molar-refractivity contribution in [3.8, 4) is 0 Å². The molecule has 0 saturated carbocycles. The second kappa shape index (κ2) is 6.34. The van der Waals surface area contributed by atoms with Gasteiger partial charge in [0.1, 0.15) is 11.9 Å². The summed E-state index contributed by atoms with van der Waals surface area (Å²) in [6.45, 7) is 1.87. The zero-order chi connectivity index (χ0) is 15.5. The van der Waals surface area contributed by atoms with Crippen LogP contribution in [0.25, 0.3) is 0 Å². The smallest absolute Gasteiger partial charge is 0.354 e. The number of benzene rings is 1. The molecule has 1 aromatic carbocycles. The van der Waals surface area contributed by atoms with Crippen molar-refractivity contribution >= 4 is 23.4 Å². The molecule has 0 radical (unpaired) electrons. The zero-order valence-electron chi connectivity index (χ0n) is 11.8. The topological polar surface area (TPSA) is 62.7 Å². The fourth-order valence-corrected chi connectivity index (χ4v) is 2.58. The first-order chi connectivity index (χ1) is 10.6. The Morgan fingerprint density at radius 2 is 2.05 bits per heavy atom. The van der Waals surface area contributed by atoms with Crippen molar-refractivity contribution in [1.29, 1.82) is 0 Å². The lowest BCUT2D eigenvalue weighted by atomic mass is 10.1. The number of ether oxygens (including phenoxy) is 1. The second-order valence-electron chi connectivity index (χ2n) is 5.04. The molecule has 22 heavy (non-hydrogen) atoms. The molecule has 1 aliphatic rings. The molecule has 2 aromatic rings. The first-order valence-electron chi connectivity index (χ1n) is 6.96. The number of aromatic carboxylic acids is 1. The van der Waals surface area contributed by atoms with Crippen molar-refractivity contribution in [2.75, 3.05) is 24.6 Å². The summed E-state index contributed by atoms with van der Waals surface area (Å²) in [6.07, 6.45) is -0.0821. The number of hydrogen-bond acceptors (Lipinski definition) is 4. The maximum absolute atomic E-state index is 11.0. The van der Waals surface area contributed by atoms with Crippen molar-refractivity contribution in [3.63, 3.8) is 0 Å². The Labute approximate surface area is 133 Å². The predicted molar refractivity (Wildman–Crippen MR) is 83.6 cm³/mol. The van der Waals surface area contributed by atoms with E-state index < -0.39 is 5.97 Å². The number of halogens is 1. The van der Waals surface area contributed by atoms with E-state index in [0.717, 1.165) is 5.56 Å². The van der Waals surface area contributed by atoms with Crippen LogP contribution >= 0.6 is 11.6 Å². The first-order valence-corrected chi connectivity index (χ1v) is 7.33. The minimum absolute atomic E-state index is 0.0482. The minimum Gasteiger partial charge on any atom is -0.477 e. The molecule has 1 fully saturated rings. The molecule has 0 spiro atoms. The number of morpholine rings is 1. The molecular weight excluding hydrogens is 304 g/mol. The van der Waals surface area contributed by atoms with Gasteiger partial charge in [0.15, 0.2) is 5.69 Å². The third-order valence-corrected chi connectivity index (χ3v) is 3.84. The van der Waals surface area contributed by atoms with E-state index in [0.29, 0.717) is 30.5 Å². The molecule has 1 atom stereocenters. The van der Waals surface area contributed by atoms with Gasteiger partial charge in [-0.1, -0.05) is 29.8 Å². The highest BCUT2D eigenvalue weighted by Gasteiger charge is 2.23. The normalized spacial score (nSPS) is 18.2. The van der Waals surface area contributed by atoms with Gasteiger partial charge in [-0.15, -0.1) is 0 Å². The number of pyridine rings is 1. The quantitative estimate of drug-likeness (QED) is 0.942. The van der Waals surface area contributed by atoms with Crippen LogP contribution in [-0.2, 0) is 4.74 Å². The average molecular weight is 319 g/mol. The summed E-state index contributed by atoms with van der Waals surface area (Å²) in [5.41, 5.74) is 1.09. The molecule has 0 aliphatic carbocycles. The fraction of sp³-hybridized carbons (Fsp3) is 0.250. The fourth-order valence-electron chi connectivity index (χ4n) is 2.45. The number of aromatic nitrogens is 1. The number of hydrogen-bond donors (Lipinski definition) is 1. The van der Waals surface area contributed by atoms with Crippen LogP contribution in [0.3, 0.4) is 0 Å². The average Bonchev–Trinajstić information content (AvgIpc) is 2.56. The van der Waals surface area contributed by atoms with Crippen molar-refractivity contribution in [2.45, 2.75) is 6.10 Å². The first kappa shape index (κ1) is 14.8. The number of carboxylic acid groups (broad SMARTS) is 1. The Morgan fingerprint density at radius 3 is 2.77 bits per heavy atom. The third kappa shape index (κ3) is 3.21. The van der Waals surface area contributed by atoms with Gasteiger partial charge < -0.3 is 14.7 Å². The maximum Gasteiger partial charge on any atom is 0.354 e. The van der Waals surface area contributed by atoms with Gasteiger partial charge in [0, 0.05) is 18.1 Å². The van der Waals surface area contributed by atoms with Crippen LogP contribution in [0.15, 0.2) is 42.5 Å². The summed E-state index contributed by atoms with van der Waals surface area (Å²) in [7, 11) is 0. The van der Waals surface area contributed by atoms with E-state index in [4.69, 9.17) is 21.4 Å². The van der Waals surface area contributed by atoms with Crippen LogP contribution in [0, 0.1) is 0 Å². The van der Waals surface area contributed by atoms with Gasteiger partial charge in [-0.2, -0.15) is 0 Å². The lowest BCUT2D eigenvalue weighted by Crippen LogP contribution is -2.39. The Bertz CT molecular complexity index is 675. The number of rotatable bonds is 3. The molecule has 0 amide bonds. The molecule has 1 N–H and O–H groups in total. The lowest BCUT2D eigenvalue weighted by Gasteiger charge is -2.34. The molecule has 1 unspecified atom stereocenters. The Kier molecular flexibility index (Phi) is 4.27.